The molecule has 2 aliphatic rings. The molecule has 4 nitrogen and oxygen atoms in total. The van der Waals surface area contributed by atoms with Crippen LogP contribution in [0.4, 0.5) is 0 Å². The summed E-state index contributed by atoms with van der Waals surface area (Å²) in [7, 11) is 2.26. The lowest BCUT2D eigenvalue weighted by atomic mass is 10.0. The third-order valence-electron chi connectivity index (χ3n) is 4.36. The van der Waals surface area contributed by atoms with Gasteiger partial charge in [-0.15, -0.1) is 0 Å². The average molecular weight is 241 g/mol. The Hall–Kier alpha value is -0.160. The summed E-state index contributed by atoms with van der Waals surface area (Å²) in [6.45, 7) is 7.19. The molecule has 0 aromatic rings. The van der Waals surface area contributed by atoms with Gasteiger partial charge in [-0.25, -0.2) is 0 Å². The molecule has 4 heteroatoms. The van der Waals surface area contributed by atoms with Crippen LogP contribution in [0.3, 0.4) is 0 Å². The summed E-state index contributed by atoms with van der Waals surface area (Å²) >= 11 is 0. The molecule has 2 rings (SSSR count). The highest BCUT2D eigenvalue weighted by Crippen LogP contribution is 2.28. The predicted octanol–water partition coefficient (Wildman–Crippen LogP) is 0.378. The van der Waals surface area contributed by atoms with Crippen molar-refractivity contribution in [3.8, 4) is 0 Å². The van der Waals surface area contributed by atoms with Gasteiger partial charge in [0.05, 0.1) is 13.2 Å². The molecule has 1 heterocycles. The first-order valence-corrected chi connectivity index (χ1v) is 7.01. The molecule has 1 aliphatic carbocycles. The van der Waals surface area contributed by atoms with Gasteiger partial charge in [0.15, 0.2) is 0 Å². The quantitative estimate of drug-likeness (QED) is 0.755. The van der Waals surface area contributed by atoms with Gasteiger partial charge < -0.3 is 15.4 Å². The van der Waals surface area contributed by atoms with E-state index in [0.29, 0.717) is 0 Å². The van der Waals surface area contributed by atoms with Crippen molar-refractivity contribution in [2.75, 3.05) is 53.0 Å². The summed E-state index contributed by atoms with van der Waals surface area (Å²) < 4.78 is 5.37. The van der Waals surface area contributed by atoms with Crippen molar-refractivity contribution in [2.45, 2.75) is 25.3 Å². The summed E-state index contributed by atoms with van der Waals surface area (Å²) in [6, 6.07) is 0.723. The average Bonchev–Trinajstić information content (AvgIpc) is 2.85. The molecule has 2 atom stereocenters. The van der Waals surface area contributed by atoms with Gasteiger partial charge in [-0.1, -0.05) is 6.42 Å². The first kappa shape index (κ1) is 13.3. The van der Waals surface area contributed by atoms with E-state index < -0.39 is 0 Å². The summed E-state index contributed by atoms with van der Waals surface area (Å²) in [5.74, 6) is 0.727. The first-order chi connectivity index (χ1) is 8.31. The predicted molar refractivity (Wildman–Crippen MR) is 70.1 cm³/mol. The largest absolute Gasteiger partial charge is 0.379 e. The number of ether oxygens (including phenoxy) is 1. The molecular weight excluding hydrogens is 214 g/mol. The van der Waals surface area contributed by atoms with Crippen LogP contribution < -0.4 is 5.73 Å². The molecule has 2 unspecified atom stereocenters. The van der Waals surface area contributed by atoms with Crippen LogP contribution in [0, 0.1) is 5.92 Å². The van der Waals surface area contributed by atoms with Crippen LogP contribution >= 0.6 is 0 Å². The second-order valence-corrected chi connectivity index (χ2v) is 5.43. The van der Waals surface area contributed by atoms with Gasteiger partial charge >= 0.3 is 0 Å². The minimum absolute atomic E-state index is 0.723. The van der Waals surface area contributed by atoms with Gasteiger partial charge in [0.2, 0.25) is 0 Å². The molecule has 0 bridgehead atoms. The molecule has 1 aliphatic heterocycles. The van der Waals surface area contributed by atoms with Gasteiger partial charge in [0, 0.05) is 32.2 Å². The molecule has 0 spiro atoms. The molecule has 100 valence electrons. The van der Waals surface area contributed by atoms with E-state index >= 15 is 0 Å². The maximum Gasteiger partial charge on any atom is 0.0594 e. The zero-order valence-electron chi connectivity index (χ0n) is 11.1. The summed E-state index contributed by atoms with van der Waals surface area (Å²) in [5, 5.41) is 0. The van der Waals surface area contributed by atoms with Crippen molar-refractivity contribution in [3.05, 3.63) is 0 Å². The Kier molecular flexibility index (Phi) is 5.22. The van der Waals surface area contributed by atoms with Crippen LogP contribution in [0.5, 0.6) is 0 Å². The van der Waals surface area contributed by atoms with Crippen LogP contribution in [0.25, 0.3) is 0 Å². The first-order valence-electron chi connectivity index (χ1n) is 7.01. The standard InChI is InChI=1S/C13H27N3O/c1-15(13-4-2-3-12(13)11-14)5-6-16-7-9-17-10-8-16/h12-13H,2-11,14H2,1H3. The highest BCUT2D eigenvalue weighted by Gasteiger charge is 2.29. The summed E-state index contributed by atoms with van der Waals surface area (Å²) in [6.07, 6.45) is 4.01. The van der Waals surface area contributed by atoms with E-state index in [9.17, 15) is 0 Å². The van der Waals surface area contributed by atoms with E-state index in [4.69, 9.17) is 10.5 Å². The number of hydrogen-bond donors (Lipinski definition) is 1. The van der Waals surface area contributed by atoms with Crippen molar-refractivity contribution in [3.63, 3.8) is 0 Å². The van der Waals surface area contributed by atoms with Gasteiger partial charge in [0.25, 0.3) is 0 Å². The topological polar surface area (TPSA) is 41.7 Å². The lowest BCUT2D eigenvalue weighted by Crippen LogP contribution is -2.44. The Balaban J connectivity index is 1.70. The Morgan fingerprint density at radius 2 is 2.06 bits per heavy atom. The number of likely N-dealkylation sites (N-methyl/N-ethyl adjacent to an activating group) is 1. The third kappa shape index (κ3) is 3.65. The maximum atomic E-state index is 5.85. The Morgan fingerprint density at radius 1 is 1.29 bits per heavy atom. The lowest BCUT2D eigenvalue weighted by Gasteiger charge is -2.32. The molecule has 2 fully saturated rings. The fourth-order valence-electron chi connectivity index (χ4n) is 3.16. The minimum atomic E-state index is 0.723. The fourth-order valence-corrected chi connectivity index (χ4v) is 3.16. The van der Waals surface area contributed by atoms with Crippen LogP contribution in [-0.2, 0) is 4.74 Å². The van der Waals surface area contributed by atoms with Gasteiger partial charge in [-0.3, -0.25) is 4.90 Å². The Bertz CT molecular complexity index is 219. The van der Waals surface area contributed by atoms with E-state index in [2.05, 4.69) is 16.8 Å². The van der Waals surface area contributed by atoms with E-state index in [1.807, 2.05) is 0 Å². The zero-order valence-corrected chi connectivity index (χ0v) is 11.1. The van der Waals surface area contributed by atoms with Crippen molar-refractivity contribution in [1.82, 2.24) is 9.80 Å². The van der Waals surface area contributed by atoms with Crippen molar-refractivity contribution < 1.29 is 4.74 Å². The number of nitrogens with two attached hydrogens (primary N) is 1. The molecule has 1 saturated heterocycles. The van der Waals surface area contributed by atoms with Gasteiger partial charge in [0.1, 0.15) is 0 Å². The maximum absolute atomic E-state index is 5.85. The van der Waals surface area contributed by atoms with Crippen molar-refractivity contribution in [2.24, 2.45) is 11.7 Å². The smallest absolute Gasteiger partial charge is 0.0594 e. The molecule has 17 heavy (non-hydrogen) atoms. The second-order valence-electron chi connectivity index (χ2n) is 5.43. The van der Waals surface area contributed by atoms with Crippen molar-refractivity contribution in [1.29, 1.82) is 0 Å². The lowest BCUT2D eigenvalue weighted by molar-refractivity contribution is 0.0316. The molecule has 2 N–H and O–H groups in total. The minimum Gasteiger partial charge on any atom is -0.379 e. The third-order valence-corrected chi connectivity index (χ3v) is 4.36. The highest BCUT2D eigenvalue weighted by molar-refractivity contribution is 4.85. The normalized spacial score (nSPS) is 31.2. The van der Waals surface area contributed by atoms with Crippen molar-refractivity contribution >= 4 is 0 Å². The van der Waals surface area contributed by atoms with E-state index in [1.165, 1.54) is 32.4 Å². The molecular formula is C13H27N3O. The van der Waals surface area contributed by atoms with Gasteiger partial charge in [-0.05, 0) is 32.4 Å². The molecule has 0 amide bonds. The van der Waals surface area contributed by atoms with E-state index in [1.54, 1.807) is 0 Å². The summed E-state index contributed by atoms with van der Waals surface area (Å²) in [4.78, 5) is 5.03. The fraction of sp³-hybridized carbons (Fsp3) is 1.00. The Labute approximate surface area is 105 Å². The highest BCUT2D eigenvalue weighted by atomic mass is 16.5. The molecule has 0 radical (unpaired) electrons. The number of rotatable bonds is 5. The number of nitrogens with zero attached hydrogens (tertiary/aromatic N) is 2. The SMILES string of the molecule is CN(CCN1CCOCC1)C1CCCC1CN. The summed E-state index contributed by atoms with van der Waals surface area (Å²) in [5.41, 5.74) is 5.85. The van der Waals surface area contributed by atoms with Gasteiger partial charge in [-0.2, -0.15) is 0 Å². The molecule has 0 aromatic carbocycles. The zero-order chi connectivity index (χ0) is 12.1. The molecule has 0 aromatic heterocycles. The van der Waals surface area contributed by atoms with E-state index in [-0.39, 0.29) is 0 Å². The number of hydrogen-bond acceptors (Lipinski definition) is 4. The monoisotopic (exact) mass is 241 g/mol. The van der Waals surface area contributed by atoms with Crippen LogP contribution in [0.15, 0.2) is 0 Å². The number of morpholine rings is 1. The van der Waals surface area contributed by atoms with Crippen LogP contribution in [-0.4, -0.2) is 68.8 Å². The van der Waals surface area contributed by atoms with E-state index in [0.717, 1.165) is 44.8 Å². The second kappa shape index (κ2) is 6.69. The molecule has 1 saturated carbocycles. The van der Waals surface area contributed by atoms with Crippen LogP contribution in [0.2, 0.25) is 0 Å². The van der Waals surface area contributed by atoms with Crippen LogP contribution in [0.1, 0.15) is 19.3 Å². The Morgan fingerprint density at radius 3 is 2.76 bits per heavy atom.